The first-order valence-electron chi connectivity index (χ1n) is 6.03. The summed E-state index contributed by atoms with van der Waals surface area (Å²) < 4.78 is 9.36. The zero-order chi connectivity index (χ0) is 14.7. The second-order valence-electron chi connectivity index (χ2n) is 4.30. The highest BCUT2D eigenvalue weighted by Gasteiger charge is 2.24. The highest BCUT2D eigenvalue weighted by Crippen LogP contribution is 2.30. The number of nitrogens with one attached hydrogen (secondary N) is 1. The van der Waals surface area contributed by atoms with Gasteiger partial charge in [-0.05, 0) is 15.9 Å². The van der Waals surface area contributed by atoms with Crippen molar-refractivity contribution in [2.75, 3.05) is 19.5 Å². The van der Waals surface area contributed by atoms with Crippen LogP contribution in [0.4, 0.5) is 5.82 Å². The van der Waals surface area contributed by atoms with Gasteiger partial charge in [-0.25, -0.2) is 5.43 Å². The second kappa shape index (κ2) is 6.35. The van der Waals surface area contributed by atoms with Crippen LogP contribution in [-0.2, 0) is 18.3 Å². The van der Waals surface area contributed by atoms with Gasteiger partial charge in [-0.2, -0.15) is 10.2 Å². The highest BCUT2D eigenvalue weighted by atomic mass is 79.9. The van der Waals surface area contributed by atoms with Gasteiger partial charge in [-0.15, -0.1) is 0 Å². The number of methoxy groups -OCH3 is 1. The van der Waals surface area contributed by atoms with Crippen LogP contribution in [0.25, 0.3) is 0 Å². The number of nitrogen functional groups attached to an aromatic ring is 1. The number of hydrogen-bond acceptors (Lipinski definition) is 6. The van der Waals surface area contributed by atoms with E-state index in [1.54, 1.807) is 31.2 Å². The Bertz CT molecular complexity index is 579. The number of nitrogens with zero attached hydrogens (tertiary/aromatic N) is 4. The van der Waals surface area contributed by atoms with Gasteiger partial charge in [0.05, 0.1) is 41.8 Å². The normalized spacial score (nSPS) is 12.8. The fourth-order valence-corrected chi connectivity index (χ4v) is 2.54. The number of aryl methyl sites for hydroxylation is 1. The van der Waals surface area contributed by atoms with Crippen molar-refractivity contribution in [1.82, 2.24) is 25.0 Å². The lowest BCUT2D eigenvalue weighted by Gasteiger charge is -2.18. The van der Waals surface area contributed by atoms with E-state index in [0.717, 1.165) is 15.7 Å². The van der Waals surface area contributed by atoms with Crippen molar-refractivity contribution in [3.63, 3.8) is 0 Å². The Morgan fingerprint density at radius 1 is 1.45 bits per heavy atom. The lowest BCUT2D eigenvalue weighted by atomic mass is 10.1. The van der Waals surface area contributed by atoms with E-state index in [2.05, 4.69) is 31.6 Å². The van der Waals surface area contributed by atoms with Crippen LogP contribution in [0.1, 0.15) is 17.3 Å². The quantitative estimate of drug-likeness (QED) is 0.509. The van der Waals surface area contributed by atoms with Crippen LogP contribution in [0.15, 0.2) is 16.9 Å². The predicted molar refractivity (Wildman–Crippen MR) is 78.6 cm³/mol. The molecule has 0 bridgehead atoms. The zero-order valence-corrected chi connectivity index (χ0v) is 13.0. The largest absolute Gasteiger partial charge is 0.384 e. The van der Waals surface area contributed by atoms with Crippen LogP contribution in [-0.4, -0.2) is 33.3 Å². The Kier molecular flexibility index (Phi) is 4.76. The van der Waals surface area contributed by atoms with E-state index < -0.39 is 0 Å². The SMILES string of the molecule is COCCn1ncc(Br)c1C(NN)c1cnn(C)c1N. The van der Waals surface area contributed by atoms with Gasteiger partial charge in [-0.1, -0.05) is 0 Å². The van der Waals surface area contributed by atoms with Crippen molar-refractivity contribution in [2.45, 2.75) is 12.6 Å². The molecule has 9 heteroatoms. The molecule has 0 fully saturated rings. The van der Waals surface area contributed by atoms with Crippen LogP contribution in [0.2, 0.25) is 0 Å². The van der Waals surface area contributed by atoms with Crippen LogP contribution in [0.5, 0.6) is 0 Å². The minimum atomic E-state index is -0.308. The average Bonchev–Trinajstić information content (AvgIpc) is 2.96. The minimum Gasteiger partial charge on any atom is -0.384 e. The summed E-state index contributed by atoms with van der Waals surface area (Å²) in [5, 5.41) is 8.45. The van der Waals surface area contributed by atoms with Crippen molar-refractivity contribution in [2.24, 2.45) is 12.9 Å². The van der Waals surface area contributed by atoms with Crippen molar-refractivity contribution < 1.29 is 4.74 Å². The minimum absolute atomic E-state index is 0.308. The summed E-state index contributed by atoms with van der Waals surface area (Å²) in [6.07, 6.45) is 3.42. The Hall–Kier alpha value is -1.42. The average molecular weight is 344 g/mol. The standard InChI is InChI=1S/C11H18BrN7O/c1-18-11(13)7(5-15-18)9(17-14)10-8(12)6-16-19(10)3-4-20-2/h5-6,9,17H,3-4,13-14H2,1-2H3. The van der Waals surface area contributed by atoms with Crippen LogP contribution in [0, 0.1) is 0 Å². The van der Waals surface area contributed by atoms with Crippen molar-refractivity contribution >= 4 is 21.7 Å². The van der Waals surface area contributed by atoms with E-state index in [9.17, 15) is 0 Å². The molecule has 5 N–H and O–H groups in total. The Labute approximate surface area is 125 Å². The van der Waals surface area contributed by atoms with E-state index in [-0.39, 0.29) is 6.04 Å². The maximum absolute atomic E-state index is 6.02. The summed E-state index contributed by atoms with van der Waals surface area (Å²) in [4.78, 5) is 0. The molecule has 0 amide bonds. The number of hydrogen-bond donors (Lipinski definition) is 3. The van der Waals surface area contributed by atoms with Crippen LogP contribution in [0.3, 0.4) is 0 Å². The molecule has 0 aliphatic rings. The molecule has 1 unspecified atom stereocenters. The lowest BCUT2D eigenvalue weighted by Crippen LogP contribution is -2.31. The smallest absolute Gasteiger partial charge is 0.126 e. The molecule has 0 spiro atoms. The third-order valence-electron chi connectivity index (χ3n) is 3.11. The maximum Gasteiger partial charge on any atom is 0.126 e. The fourth-order valence-electron chi connectivity index (χ4n) is 2.02. The molecule has 0 radical (unpaired) electrons. The number of ether oxygens (including phenoxy) is 1. The molecule has 0 saturated heterocycles. The zero-order valence-electron chi connectivity index (χ0n) is 11.4. The van der Waals surface area contributed by atoms with Crippen LogP contribution < -0.4 is 17.0 Å². The maximum atomic E-state index is 6.02. The van der Waals surface area contributed by atoms with Crippen molar-refractivity contribution in [3.05, 3.63) is 28.1 Å². The molecule has 8 nitrogen and oxygen atoms in total. The van der Waals surface area contributed by atoms with Gasteiger partial charge in [0.2, 0.25) is 0 Å². The Balaban J connectivity index is 2.41. The molecule has 20 heavy (non-hydrogen) atoms. The summed E-state index contributed by atoms with van der Waals surface area (Å²) >= 11 is 3.49. The van der Waals surface area contributed by atoms with E-state index in [4.69, 9.17) is 16.3 Å². The molecular formula is C11H18BrN7O. The first-order valence-corrected chi connectivity index (χ1v) is 6.83. The molecule has 0 saturated carbocycles. The third kappa shape index (κ3) is 2.70. The van der Waals surface area contributed by atoms with E-state index in [1.165, 1.54) is 0 Å². The lowest BCUT2D eigenvalue weighted by molar-refractivity contribution is 0.182. The van der Waals surface area contributed by atoms with Gasteiger partial charge in [0, 0.05) is 19.7 Å². The first-order chi connectivity index (χ1) is 9.60. The Morgan fingerprint density at radius 2 is 2.20 bits per heavy atom. The van der Waals surface area contributed by atoms with E-state index >= 15 is 0 Å². The van der Waals surface area contributed by atoms with Crippen molar-refractivity contribution in [3.8, 4) is 0 Å². The first kappa shape index (κ1) is 15.0. The molecular weight excluding hydrogens is 326 g/mol. The van der Waals surface area contributed by atoms with Gasteiger partial charge >= 0.3 is 0 Å². The van der Waals surface area contributed by atoms with Gasteiger partial charge in [-0.3, -0.25) is 15.2 Å². The summed E-state index contributed by atoms with van der Waals surface area (Å²) in [7, 11) is 3.43. The number of aromatic nitrogens is 4. The summed E-state index contributed by atoms with van der Waals surface area (Å²) in [6.45, 7) is 1.18. The summed E-state index contributed by atoms with van der Waals surface area (Å²) in [5.74, 6) is 6.26. The monoisotopic (exact) mass is 343 g/mol. The summed E-state index contributed by atoms with van der Waals surface area (Å²) in [6, 6.07) is -0.308. The predicted octanol–water partition coefficient (Wildman–Crippen LogP) is 0.160. The molecule has 0 aliphatic carbocycles. The number of nitrogens with two attached hydrogens (primary N) is 2. The van der Waals surface area contributed by atoms with Crippen LogP contribution >= 0.6 is 15.9 Å². The number of anilines is 1. The van der Waals surface area contributed by atoms with Gasteiger partial charge in [0.1, 0.15) is 5.82 Å². The summed E-state index contributed by atoms with van der Waals surface area (Å²) in [5.41, 5.74) is 10.5. The highest BCUT2D eigenvalue weighted by molar-refractivity contribution is 9.10. The third-order valence-corrected chi connectivity index (χ3v) is 3.72. The number of halogens is 1. The fraction of sp³-hybridized carbons (Fsp3) is 0.455. The molecule has 110 valence electrons. The molecule has 2 aromatic rings. The van der Waals surface area contributed by atoms with Crippen molar-refractivity contribution in [1.29, 1.82) is 0 Å². The van der Waals surface area contributed by atoms with Gasteiger partial charge < -0.3 is 10.5 Å². The number of hydrazine groups is 1. The second-order valence-corrected chi connectivity index (χ2v) is 5.16. The topological polar surface area (TPSA) is 109 Å². The molecule has 0 aliphatic heterocycles. The molecule has 2 rings (SSSR count). The van der Waals surface area contributed by atoms with Gasteiger partial charge in [0.15, 0.2) is 0 Å². The Morgan fingerprint density at radius 3 is 2.75 bits per heavy atom. The number of rotatable bonds is 6. The van der Waals surface area contributed by atoms with E-state index in [1.807, 2.05) is 4.68 Å². The molecule has 2 aromatic heterocycles. The molecule has 1 atom stereocenters. The molecule has 2 heterocycles. The molecule has 0 aromatic carbocycles. The van der Waals surface area contributed by atoms with Gasteiger partial charge in [0.25, 0.3) is 0 Å². The van der Waals surface area contributed by atoms with E-state index in [0.29, 0.717) is 19.0 Å².